The summed E-state index contributed by atoms with van der Waals surface area (Å²) in [5.74, 6) is 0.166. The summed E-state index contributed by atoms with van der Waals surface area (Å²) in [4.78, 5) is 14.9. The third-order valence-corrected chi connectivity index (χ3v) is 7.59. The van der Waals surface area contributed by atoms with E-state index in [9.17, 15) is 9.18 Å². The van der Waals surface area contributed by atoms with Gasteiger partial charge in [-0.2, -0.15) is 0 Å². The first-order valence-electron chi connectivity index (χ1n) is 11.8. The molecule has 1 saturated heterocycles. The van der Waals surface area contributed by atoms with E-state index in [-0.39, 0.29) is 17.6 Å². The van der Waals surface area contributed by atoms with Crippen molar-refractivity contribution in [3.8, 4) is 5.75 Å². The summed E-state index contributed by atoms with van der Waals surface area (Å²) >= 11 is 1.42. The van der Waals surface area contributed by atoms with E-state index >= 15 is 0 Å². The van der Waals surface area contributed by atoms with E-state index in [2.05, 4.69) is 40.8 Å². The molecule has 2 aliphatic carbocycles. The monoisotopic (exact) mass is 454 g/mol. The van der Waals surface area contributed by atoms with Crippen molar-refractivity contribution in [2.75, 3.05) is 13.1 Å². The summed E-state index contributed by atoms with van der Waals surface area (Å²) in [7, 11) is 0. The Morgan fingerprint density at radius 3 is 2.66 bits per heavy atom. The molecule has 1 N–H and O–H groups in total. The van der Waals surface area contributed by atoms with Crippen LogP contribution in [0.2, 0.25) is 0 Å². The smallest absolute Gasteiger partial charge is 0.264 e. The molecule has 0 unspecified atom stereocenters. The summed E-state index contributed by atoms with van der Waals surface area (Å²) in [6.07, 6.45) is 6.46. The van der Waals surface area contributed by atoms with E-state index in [1.54, 1.807) is 6.07 Å². The number of amides is 1. The van der Waals surface area contributed by atoms with Gasteiger partial charge in [0.1, 0.15) is 17.7 Å². The highest BCUT2D eigenvalue weighted by Gasteiger charge is 2.31. The molecule has 0 aromatic heterocycles. The second-order valence-electron chi connectivity index (χ2n) is 9.50. The molecule has 0 bridgehead atoms. The lowest BCUT2D eigenvalue weighted by atomic mass is 10.0. The van der Waals surface area contributed by atoms with Gasteiger partial charge in [-0.3, -0.25) is 14.4 Å². The van der Waals surface area contributed by atoms with Gasteiger partial charge in [0.25, 0.3) is 5.91 Å². The van der Waals surface area contributed by atoms with Gasteiger partial charge in [0, 0.05) is 24.4 Å². The molecular weight excluding hydrogens is 423 g/mol. The van der Waals surface area contributed by atoms with E-state index < -0.39 is 5.82 Å². The Kier molecular flexibility index (Phi) is 6.42. The van der Waals surface area contributed by atoms with Gasteiger partial charge in [-0.15, -0.1) is 0 Å². The van der Waals surface area contributed by atoms with Crippen molar-refractivity contribution in [3.63, 3.8) is 0 Å². The minimum absolute atomic E-state index is 0.0381. The van der Waals surface area contributed by atoms with Crippen molar-refractivity contribution in [2.24, 2.45) is 0 Å². The topological polar surface area (TPSA) is 41.6 Å². The molecular formula is C26H31FN2O2S. The number of carbonyl (C=O) groups is 1. The number of piperidine rings is 1. The molecule has 6 heteroatoms. The molecule has 1 heterocycles. The van der Waals surface area contributed by atoms with Crippen LogP contribution >= 0.6 is 11.9 Å². The molecule has 32 heavy (non-hydrogen) atoms. The number of carbonyl (C=O) groups excluding carboxylic acids is 1. The third kappa shape index (κ3) is 5.46. The van der Waals surface area contributed by atoms with Gasteiger partial charge in [-0.25, -0.2) is 4.39 Å². The first-order chi connectivity index (χ1) is 15.5. The van der Waals surface area contributed by atoms with Gasteiger partial charge < -0.3 is 4.74 Å². The Morgan fingerprint density at radius 1 is 1.16 bits per heavy atom. The summed E-state index contributed by atoms with van der Waals surface area (Å²) in [6, 6.07) is 11.9. The van der Waals surface area contributed by atoms with Crippen LogP contribution in [0.25, 0.3) is 0 Å². The highest BCUT2D eigenvalue weighted by molar-refractivity contribution is 7.98. The fourth-order valence-corrected chi connectivity index (χ4v) is 5.08. The van der Waals surface area contributed by atoms with Gasteiger partial charge in [0.15, 0.2) is 0 Å². The van der Waals surface area contributed by atoms with Crippen LogP contribution in [0.4, 0.5) is 4.39 Å². The van der Waals surface area contributed by atoms with E-state index in [1.165, 1.54) is 29.1 Å². The Hall–Kier alpha value is -2.05. The Balaban J connectivity index is 1.26. The lowest BCUT2D eigenvalue weighted by Crippen LogP contribution is -2.40. The largest absolute Gasteiger partial charge is 0.489 e. The van der Waals surface area contributed by atoms with Crippen molar-refractivity contribution >= 4 is 17.9 Å². The quantitative estimate of drug-likeness (QED) is 0.528. The number of hydrogen-bond acceptors (Lipinski definition) is 4. The standard InChI is InChI=1S/C26H31FN2O2S/c1-17-4-6-18(7-5-17)15-29-12-2-3-20(16-29)31-25-14-24(27)23(13-22(25)19-8-9-19)26(30)28-32-21-10-11-21/h4-7,13-14,19-21H,2-3,8-12,15-16H2,1H3,(H,28,30)/t20-/m1/s1. The van der Waals surface area contributed by atoms with Crippen LogP contribution in [0.1, 0.15) is 71.5 Å². The van der Waals surface area contributed by atoms with Crippen molar-refractivity contribution in [1.29, 1.82) is 0 Å². The number of benzene rings is 2. The molecule has 2 saturated carbocycles. The predicted molar refractivity (Wildman–Crippen MR) is 127 cm³/mol. The average molecular weight is 455 g/mol. The zero-order valence-corrected chi connectivity index (χ0v) is 19.4. The normalized spacial score (nSPS) is 21.4. The van der Waals surface area contributed by atoms with Crippen molar-refractivity contribution in [3.05, 3.63) is 64.5 Å². The van der Waals surface area contributed by atoms with Gasteiger partial charge in [0.05, 0.1) is 5.56 Å². The van der Waals surface area contributed by atoms with Gasteiger partial charge >= 0.3 is 0 Å². The van der Waals surface area contributed by atoms with Crippen molar-refractivity contribution in [2.45, 2.75) is 69.3 Å². The zero-order chi connectivity index (χ0) is 22.1. The molecule has 3 fully saturated rings. The van der Waals surface area contributed by atoms with Gasteiger partial charge in [0.2, 0.25) is 0 Å². The second-order valence-corrected chi connectivity index (χ2v) is 10.6. The summed E-state index contributed by atoms with van der Waals surface area (Å²) in [5.41, 5.74) is 3.70. The van der Waals surface area contributed by atoms with Crippen molar-refractivity contribution in [1.82, 2.24) is 9.62 Å². The summed E-state index contributed by atoms with van der Waals surface area (Å²) in [6.45, 7) is 4.89. The molecule has 3 aliphatic rings. The maximum Gasteiger partial charge on any atom is 0.264 e. The Labute approximate surface area is 194 Å². The van der Waals surface area contributed by atoms with Crippen LogP contribution in [-0.2, 0) is 6.54 Å². The molecule has 0 radical (unpaired) electrons. The van der Waals surface area contributed by atoms with Gasteiger partial charge in [-0.05, 0) is 87.1 Å². The molecule has 170 valence electrons. The van der Waals surface area contributed by atoms with Crippen LogP contribution in [0.5, 0.6) is 5.75 Å². The van der Waals surface area contributed by atoms with Crippen LogP contribution in [0, 0.1) is 12.7 Å². The maximum absolute atomic E-state index is 14.9. The summed E-state index contributed by atoms with van der Waals surface area (Å²) < 4.78 is 24.1. The minimum Gasteiger partial charge on any atom is -0.489 e. The van der Waals surface area contributed by atoms with Crippen LogP contribution in [-0.4, -0.2) is 35.3 Å². The molecule has 1 amide bonds. The SMILES string of the molecule is Cc1ccc(CN2CCC[C@@H](Oc3cc(F)c(C(=O)NSC4CC4)cc3C3CC3)C2)cc1. The molecule has 1 aliphatic heterocycles. The van der Waals surface area contributed by atoms with E-state index in [1.807, 2.05) is 0 Å². The van der Waals surface area contributed by atoms with Crippen molar-refractivity contribution < 1.29 is 13.9 Å². The number of halogens is 1. The van der Waals surface area contributed by atoms with Gasteiger partial charge in [-0.1, -0.05) is 29.8 Å². The van der Waals surface area contributed by atoms with Crippen LogP contribution < -0.4 is 9.46 Å². The fraction of sp³-hybridized carbons (Fsp3) is 0.500. The fourth-order valence-electron chi connectivity index (χ4n) is 4.32. The molecule has 0 spiro atoms. The lowest BCUT2D eigenvalue weighted by Gasteiger charge is -2.33. The predicted octanol–water partition coefficient (Wildman–Crippen LogP) is 5.60. The zero-order valence-electron chi connectivity index (χ0n) is 18.6. The average Bonchev–Trinajstić information content (AvgIpc) is 3.68. The Morgan fingerprint density at radius 2 is 1.94 bits per heavy atom. The maximum atomic E-state index is 14.9. The molecule has 2 aromatic carbocycles. The molecule has 2 aromatic rings. The van der Waals surface area contributed by atoms with E-state index in [0.717, 1.165) is 63.7 Å². The highest BCUT2D eigenvalue weighted by Crippen LogP contribution is 2.45. The lowest BCUT2D eigenvalue weighted by molar-refractivity contribution is 0.0832. The number of aryl methyl sites for hydroxylation is 1. The number of nitrogens with one attached hydrogen (secondary N) is 1. The minimum atomic E-state index is -0.495. The summed E-state index contributed by atoms with van der Waals surface area (Å²) in [5, 5.41) is 0.488. The second kappa shape index (κ2) is 9.44. The first kappa shape index (κ1) is 21.8. The first-order valence-corrected chi connectivity index (χ1v) is 12.7. The molecule has 1 atom stereocenters. The van der Waals surface area contributed by atoms with Crippen LogP contribution in [0.15, 0.2) is 36.4 Å². The number of nitrogens with zero attached hydrogens (tertiary/aromatic N) is 1. The Bertz CT molecular complexity index is 973. The van der Waals surface area contributed by atoms with Crippen LogP contribution in [0.3, 0.4) is 0 Å². The number of ether oxygens (including phenoxy) is 1. The van der Waals surface area contributed by atoms with E-state index in [0.29, 0.717) is 16.9 Å². The number of rotatable bonds is 8. The molecule has 4 nitrogen and oxygen atoms in total. The number of hydrogen-bond donors (Lipinski definition) is 1. The third-order valence-electron chi connectivity index (χ3n) is 6.49. The van der Waals surface area contributed by atoms with E-state index in [4.69, 9.17) is 4.74 Å². The highest BCUT2D eigenvalue weighted by atomic mass is 32.2. The number of likely N-dealkylation sites (tertiary alicyclic amines) is 1. The molecule has 5 rings (SSSR count).